The van der Waals surface area contributed by atoms with Crippen molar-refractivity contribution in [2.45, 2.75) is 30.3 Å². The van der Waals surface area contributed by atoms with E-state index in [2.05, 4.69) is 0 Å². The van der Waals surface area contributed by atoms with E-state index in [9.17, 15) is 4.57 Å². The average Bonchev–Trinajstić information content (AvgIpc) is 2.11. The molecule has 0 saturated heterocycles. The van der Waals surface area contributed by atoms with E-state index in [1.807, 2.05) is 0 Å². The predicted octanol–water partition coefficient (Wildman–Crippen LogP) is 1.32. The fraction of sp³-hybridized carbons (Fsp3) is 1.00. The molecule has 5 heteroatoms. The van der Waals surface area contributed by atoms with Crippen LogP contribution in [0.2, 0.25) is 0 Å². The monoisotopic (exact) mass is 184 g/mol. The van der Waals surface area contributed by atoms with Crippen LogP contribution in [0.1, 0.15) is 19.3 Å². The maximum Gasteiger partial charge on any atom is 0.330 e. The van der Waals surface area contributed by atoms with Crippen LogP contribution >= 0.6 is 19.2 Å². The van der Waals surface area contributed by atoms with Gasteiger partial charge in [0.05, 0.1) is 5.66 Å². The smallest absolute Gasteiger partial charge is 0.324 e. The Morgan fingerprint density at radius 2 is 2.00 bits per heavy atom. The Morgan fingerprint density at radius 1 is 1.40 bits per heavy atom. The third-order valence-electron chi connectivity index (χ3n) is 1.83. The Kier molecular flexibility index (Phi) is 2.41. The van der Waals surface area contributed by atoms with Crippen LogP contribution in [0.25, 0.3) is 0 Å². The molecular formula is C5H10ClO3P. The van der Waals surface area contributed by atoms with Gasteiger partial charge in [0.1, 0.15) is 0 Å². The van der Waals surface area contributed by atoms with Crippen molar-refractivity contribution in [3.63, 3.8) is 0 Å². The molecule has 0 aromatic rings. The molecule has 60 valence electrons. The number of rotatable bonds is 1. The van der Waals surface area contributed by atoms with Crippen LogP contribution in [0.4, 0.5) is 0 Å². The predicted molar refractivity (Wildman–Crippen MR) is 39.3 cm³/mol. The molecule has 0 bridgehead atoms. The lowest BCUT2D eigenvalue weighted by Gasteiger charge is -2.14. The Morgan fingerprint density at radius 3 is 2.20 bits per heavy atom. The SMILES string of the molecule is O=P(O)(O)C1CCCC1Cl. The lowest BCUT2D eigenvalue weighted by Crippen LogP contribution is -2.13. The van der Waals surface area contributed by atoms with Gasteiger partial charge in [0.25, 0.3) is 0 Å². The lowest BCUT2D eigenvalue weighted by atomic mass is 10.4. The summed E-state index contributed by atoms with van der Waals surface area (Å²) in [5, 5.41) is -0.319. The Labute approximate surface area is 64.5 Å². The molecule has 10 heavy (non-hydrogen) atoms. The van der Waals surface area contributed by atoms with Crippen LogP contribution in [-0.4, -0.2) is 20.8 Å². The highest BCUT2D eigenvalue weighted by Gasteiger charge is 2.38. The molecule has 2 atom stereocenters. The first-order valence-electron chi connectivity index (χ1n) is 3.21. The van der Waals surface area contributed by atoms with Gasteiger partial charge in [-0.1, -0.05) is 6.42 Å². The standard InChI is InChI=1S/C5H10ClO3P/c6-4-2-1-3-5(4)10(7,8)9/h4-5H,1-3H2,(H2,7,8,9). The fourth-order valence-electron chi connectivity index (χ4n) is 1.27. The summed E-state index contributed by atoms with van der Waals surface area (Å²) in [5.74, 6) is 0. The minimum absolute atomic E-state index is 0.319. The largest absolute Gasteiger partial charge is 0.330 e. The van der Waals surface area contributed by atoms with Gasteiger partial charge >= 0.3 is 7.60 Å². The molecule has 1 fully saturated rings. The van der Waals surface area contributed by atoms with Crippen molar-refractivity contribution < 1.29 is 14.4 Å². The minimum atomic E-state index is -3.90. The molecule has 0 heterocycles. The number of hydrogen-bond donors (Lipinski definition) is 2. The number of alkyl halides is 1. The number of hydrogen-bond acceptors (Lipinski definition) is 1. The van der Waals surface area contributed by atoms with Crippen molar-refractivity contribution >= 4 is 19.2 Å². The molecule has 0 aliphatic heterocycles. The quantitative estimate of drug-likeness (QED) is 0.477. The van der Waals surface area contributed by atoms with Crippen molar-refractivity contribution in [1.82, 2.24) is 0 Å². The normalized spacial score (nSPS) is 34.7. The number of halogens is 1. The van der Waals surface area contributed by atoms with Gasteiger partial charge < -0.3 is 9.79 Å². The topological polar surface area (TPSA) is 57.5 Å². The molecule has 1 aliphatic carbocycles. The highest BCUT2D eigenvalue weighted by atomic mass is 35.5. The third kappa shape index (κ3) is 1.73. The van der Waals surface area contributed by atoms with Gasteiger partial charge in [-0.3, -0.25) is 4.57 Å². The van der Waals surface area contributed by atoms with Gasteiger partial charge in [0, 0.05) is 5.38 Å². The van der Waals surface area contributed by atoms with Crippen LogP contribution in [0.15, 0.2) is 0 Å². The molecule has 2 unspecified atom stereocenters. The van der Waals surface area contributed by atoms with E-state index in [-0.39, 0.29) is 5.38 Å². The van der Waals surface area contributed by atoms with Crippen molar-refractivity contribution in [1.29, 1.82) is 0 Å². The maximum absolute atomic E-state index is 10.7. The van der Waals surface area contributed by atoms with E-state index in [1.165, 1.54) is 0 Å². The zero-order chi connectivity index (χ0) is 7.78. The molecule has 1 aliphatic rings. The molecule has 3 nitrogen and oxygen atoms in total. The van der Waals surface area contributed by atoms with Crippen LogP contribution in [0.5, 0.6) is 0 Å². The first kappa shape index (κ1) is 8.54. The van der Waals surface area contributed by atoms with Crippen LogP contribution < -0.4 is 0 Å². The second-order valence-electron chi connectivity index (χ2n) is 2.60. The van der Waals surface area contributed by atoms with Crippen molar-refractivity contribution in [3.05, 3.63) is 0 Å². The van der Waals surface area contributed by atoms with E-state index >= 15 is 0 Å². The highest BCUT2D eigenvalue weighted by Crippen LogP contribution is 2.50. The van der Waals surface area contributed by atoms with Crippen LogP contribution in [-0.2, 0) is 4.57 Å². The fourth-order valence-corrected chi connectivity index (χ4v) is 3.08. The Hall–Kier alpha value is 0.440. The van der Waals surface area contributed by atoms with Crippen LogP contribution in [0, 0.1) is 0 Å². The van der Waals surface area contributed by atoms with E-state index in [4.69, 9.17) is 21.4 Å². The summed E-state index contributed by atoms with van der Waals surface area (Å²) in [6.45, 7) is 0. The van der Waals surface area contributed by atoms with Crippen molar-refractivity contribution in [2.75, 3.05) is 0 Å². The third-order valence-corrected chi connectivity index (χ3v) is 4.01. The summed E-state index contributed by atoms with van der Waals surface area (Å²) in [7, 11) is -3.90. The van der Waals surface area contributed by atoms with Crippen LogP contribution in [0.3, 0.4) is 0 Å². The van der Waals surface area contributed by atoms with Crippen molar-refractivity contribution in [2.24, 2.45) is 0 Å². The molecule has 0 aromatic heterocycles. The molecule has 0 aromatic carbocycles. The van der Waals surface area contributed by atoms with Gasteiger partial charge in [-0.15, -0.1) is 11.6 Å². The zero-order valence-corrected chi connectivity index (χ0v) is 7.05. The van der Waals surface area contributed by atoms with Crippen molar-refractivity contribution in [3.8, 4) is 0 Å². The molecule has 0 amide bonds. The highest BCUT2D eigenvalue weighted by molar-refractivity contribution is 7.52. The summed E-state index contributed by atoms with van der Waals surface area (Å²) in [6, 6.07) is 0. The Balaban J connectivity index is 2.64. The first-order valence-corrected chi connectivity index (χ1v) is 5.33. The maximum atomic E-state index is 10.7. The molecule has 2 N–H and O–H groups in total. The summed E-state index contributed by atoms with van der Waals surface area (Å²) >= 11 is 5.67. The average molecular weight is 185 g/mol. The second kappa shape index (κ2) is 2.82. The van der Waals surface area contributed by atoms with E-state index in [0.29, 0.717) is 6.42 Å². The van der Waals surface area contributed by atoms with E-state index < -0.39 is 13.3 Å². The van der Waals surface area contributed by atoms with Gasteiger partial charge in [-0.2, -0.15) is 0 Å². The molecule has 1 saturated carbocycles. The second-order valence-corrected chi connectivity index (χ2v) is 5.01. The van der Waals surface area contributed by atoms with E-state index in [1.54, 1.807) is 0 Å². The molecule has 0 radical (unpaired) electrons. The summed E-state index contributed by atoms with van der Waals surface area (Å²) in [6.07, 6.45) is 2.14. The lowest BCUT2D eigenvalue weighted by molar-refractivity contribution is 0.358. The minimum Gasteiger partial charge on any atom is -0.324 e. The summed E-state index contributed by atoms with van der Waals surface area (Å²) < 4.78 is 10.7. The van der Waals surface area contributed by atoms with Gasteiger partial charge in [-0.25, -0.2) is 0 Å². The van der Waals surface area contributed by atoms with E-state index in [0.717, 1.165) is 12.8 Å². The zero-order valence-electron chi connectivity index (χ0n) is 5.40. The van der Waals surface area contributed by atoms with Gasteiger partial charge in [0.2, 0.25) is 0 Å². The molecular weight excluding hydrogens is 174 g/mol. The van der Waals surface area contributed by atoms with Gasteiger partial charge in [-0.05, 0) is 12.8 Å². The first-order chi connectivity index (χ1) is 4.52. The van der Waals surface area contributed by atoms with Gasteiger partial charge in [0.15, 0.2) is 0 Å². The molecule has 1 rings (SSSR count). The Bertz CT molecular complexity index is 166. The molecule has 0 spiro atoms. The summed E-state index contributed by atoms with van der Waals surface area (Å²) in [5.41, 5.74) is -0.589. The summed E-state index contributed by atoms with van der Waals surface area (Å²) in [4.78, 5) is 17.4.